The van der Waals surface area contributed by atoms with Gasteiger partial charge >= 0.3 is 0 Å². The molecule has 0 heterocycles. The number of hydrogen-bond donors (Lipinski definition) is 2. The fraction of sp³-hybridized carbons (Fsp3) is 1.00. The molecule has 0 radical (unpaired) electrons. The summed E-state index contributed by atoms with van der Waals surface area (Å²) in [5.41, 5.74) is 1.11. The lowest BCUT2D eigenvalue weighted by molar-refractivity contribution is -0.119. The van der Waals surface area contributed by atoms with E-state index in [1.165, 1.54) is 64.2 Å². The van der Waals surface area contributed by atoms with Gasteiger partial charge in [-0.3, -0.25) is 0 Å². The summed E-state index contributed by atoms with van der Waals surface area (Å²) in [6, 6.07) is 0. The van der Waals surface area contributed by atoms with Gasteiger partial charge in [0.2, 0.25) is 0 Å². The summed E-state index contributed by atoms with van der Waals surface area (Å²) in [6.07, 6.45) is 16.2. The van der Waals surface area contributed by atoms with E-state index in [2.05, 4.69) is 13.8 Å². The quantitative estimate of drug-likeness (QED) is 0.517. The van der Waals surface area contributed by atoms with Crippen molar-refractivity contribution in [3.05, 3.63) is 0 Å². The smallest absolute Gasteiger partial charge is 0.0543 e. The Bertz CT molecular complexity index is 548. The molecule has 1 nitrogen and oxygen atoms in total. The maximum atomic E-state index is 10.2. The molecule has 5 saturated carbocycles. The van der Waals surface area contributed by atoms with Crippen LogP contribution in [0.25, 0.3) is 0 Å². The second kappa shape index (κ2) is 5.66. The van der Waals surface area contributed by atoms with Gasteiger partial charge in [-0.2, -0.15) is 12.6 Å². The number of aliphatic hydroxyl groups excluding tert-OH is 1. The van der Waals surface area contributed by atoms with Crippen molar-refractivity contribution in [1.29, 1.82) is 0 Å². The van der Waals surface area contributed by atoms with Crippen molar-refractivity contribution in [3.63, 3.8) is 0 Å². The Kier molecular flexibility index (Phi) is 3.94. The van der Waals surface area contributed by atoms with E-state index in [-0.39, 0.29) is 6.10 Å². The summed E-state index contributed by atoms with van der Waals surface area (Å²) in [5.74, 6) is 4.37. The topological polar surface area (TPSA) is 20.2 Å². The molecule has 25 heavy (non-hydrogen) atoms. The number of thiol groups is 1. The number of hydrogen-bond acceptors (Lipinski definition) is 2. The standard InChI is InChI=1S/C23H38OS/c1-21-10-3-4-18(21)17-5-6-20-22(2)12-8-16(24)14-15(22)7-13-23(20,25)19(17)9-11-21/h15-20,24-25H,3-14H2,1-2H3/t15?,16-,17?,18?,19?,20?,21+,22-,23+/m0/s1. The number of fused-ring (bicyclic) bond motifs is 7. The molecule has 5 aliphatic carbocycles. The van der Waals surface area contributed by atoms with Crippen molar-refractivity contribution in [2.24, 2.45) is 40.4 Å². The zero-order valence-electron chi connectivity index (χ0n) is 16.3. The Hall–Kier alpha value is 0.310. The molecule has 142 valence electrons. The van der Waals surface area contributed by atoms with Crippen LogP contribution in [0.2, 0.25) is 0 Å². The first kappa shape index (κ1) is 17.4. The van der Waals surface area contributed by atoms with E-state index in [0.29, 0.717) is 15.6 Å². The summed E-state index contributed by atoms with van der Waals surface area (Å²) in [4.78, 5) is 0. The molecule has 1 N–H and O–H groups in total. The fourth-order valence-electron chi connectivity index (χ4n) is 9.14. The molecule has 0 spiro atoms. The van der Waals surface area contributed by atoms with Gasteiger partial charge in [0.1, 0.15) is 0 Å². The Morgan fingerprint density at radius 3 is 2.52 bits per heavy atom. The van der Waals surface area contributed by atoms with Crippen molar-refractivity contribution in [2.45, 2.75) is 102 Å². The van der Waals surface area contributed by atoms with Crippen LogP contribution in [0.15, 0.2) is 0 Å². The van der Waals surface area contributed by atoms with Gasteiger partial charge in [0.15, 0.2) is 0 Å². The van der Waals surface area contributed by atoms with Gasteiger partial charge in [-0.05, 0) is 111 Å². The predicted molar refractivity (Wildman–Crippen MR) is 107 cm³/mol. The minimum atomic E-state index is -0.0318. The highest BCUT2D eigenvalue weighted by Crippen LogP contribution is 2.69. The van der Waals surface area contributed by atoms with Crippen LogP contribution in [0.3, 0.4) is 0 Å². The van der Waals surface area contributed by atoms with Crippen molar-refractivity contribution in [2.75, 3.05) is 0 Å². The van der Waals surface area contributed by atoms with Gasteiger partial charge in [-0.25, -0.2) is 0 Å². The first-order chi connectivity index (χ1) is 11.9. The molecular formula is C23H38OS. The lowest BCUT2D eigenvalue weighted by Gasteiger charge is -2.66. The summed E-state index contributed by atoms with van der Waals surface area (Å²) in [7, 11) is 0. The molecule has 5 rings (SSSR count). The monoisotopic (exact) mass is 362 g/mol. The summed E-state index contributed by atoms with van der Waals surface area (Å²) in [5, 5.41) is 10.2. The Morgan fingerprint density at radius 2 is 1.68 bits per heavy atom. The zero-order valence-corrected chi connectivity index (χ0v) is 17.2. The van der Waals surface area contributed by atoms with Gasteiger partial charge < -0.3 is 5.11 Å². The average molecular weight is 363 g/mol. The van der Waals surface area contributed by atoms with Crippen LogP contribution in [-0.4, -0.2) is 16.0 Å². The zero-order chi connectivity index (χ0) is 17.4. The van der Waals surface area contributed by atoms with Gasteiger partial charge in [0.05, 0.1) is 6.10 Å². The third-order valence-corrected chi connectivity index (χ3v) is 11.3. The Labute approximate surface area is 160 Å². The first-order valence-corrected chi connectivity index (χ1v) is 11.7. The Morgan fingerprint density at radius 1 is 0.840 bits per heavy atom. The molecule has 5 aliphatic rings. The molecule has 0 aromatic heterocycles. The molecule has 2 heteroatoms. The highest BCUT2D eigenvalue weighted by molar-refractivity contribution is 7.81. The van der Waals surface area contributed by atoms with Crippen LogP contribution in [0.1, 0.15) is 90.9 Å². The molecule has 0 bridgehead atoms. The molecule has 0 saturated heterocycles. The van der Waals surface area contributed by atoms with Gasteiger partial charge in [0.25, 0.3) is 0 Å². The molecule has 5 unspecified atom stereocenters. The van der Waals surface area contributed by atoms with Crippen LogP contribution in [0, 0.1) is 40.4 Å². The van der Waals surface area contributed by atoms with E-state index in [1.54, 1.807) is 0 Å². The highest BCUT2D eigenvalue weighted by Gasteiger charge is 2.63. The molecule has 9 atom stereocenters. The maximum absolute atomic E-state index is 10.2. The van der Waals surface area contributed by atoms with E-state index < -0.39 is 0 Å². The van der Waals surface area contributed by atoms with Crippen LogP contribution >= 0.6 is 12.6 Å². The molecule has 0 aromatic carbocycles. The molecular weight excluding hydrogens is 324 g/mol. The van der Waals surface area contributed by atoms with Crippen molar-refractivity contribution >= 4 is 12.6 Å². The largest absolute Gasteiger partial charge is 0.393 e. The normalized spacial score (nSPS) is 61.0. The van der Waals surface area contributed by atoms with E-state index in [0.717, 1.165) is 42.4 Å². The van der Waals surface area contributed by atoms with E-state index >= 15 is 0 Å². The maximum Gasteiger partial charge on any atom is 0.0543 e. The minimum Gasteiger partial charge on any atom is -0.393 e. The second-order valence-corrected chi connectivity index (χ2v) is 12.1. The molecule has 5 fully saturated rings. The van der Waals surface area contributed by atoms with E-state index in [1.807, 2.05) is 0 Å². The van der Waals surface area contributed by atoms with Crippen LogP contribution in [0.5, 0.6) is 0 Å². The van der Waals surface area contributed by atoms with E-state index in [9.17, 15) is 5.11 Å². The molecule has 0 amide bonds. The van der Waals surface area contributed by atoms with Gasteiger partial charge in [-0.15, -0.1) is 0 Å². The third-order valence-electron chi connectivity index (χ3n) is 10.4. The molecule has 0 aliphatic heterocycles. The molecule has 0 aromatic rings. The van der Waals surface area contributed by atoms with Crippen molar-refractivity contribution < 1.29 is 5.11 Å². The van der Waals surface area contributed by atoms with E-state index in [4.69, 9.17) is 12.6 Å². The minimum absolute atomic E-state index is 0.0318. The lowest BCUT2D eigenvalue weighted by Crippen LogP contribution is -2.62. The van der Waals surface area contributed by atoms with Crippen LogP contribution in [-0.2, 0) is 0 Å². The number of rotatable bonds is 0. The van der Waals surface area contributed by atoms with Crippen molar-refractivity contribution in [3.8, 4) is 0 Å². The SMILES string of the molecule is C[C@]12CCCC1C1CCC3[C@@]4(C)CC[C@H](O)CC4CC[C@@]3(S)C1CC2. The summed E-state index contributed by atoms with van der Waals surface area (Å²) in [6.45, 7) is 5.19. The fourth-order valence-corrected chi connectivity index (χ4v) is 10.0. The van der Waals surface area contributed by atoms with Gasteiger partial charge in [-0.1, -0.05) is 20.3 Å². The summed E-state index contributed by atoms with van der Waals surface area (Å²) < 4.78 is 0.292. The third kappa shape index (κ3) is 2.31. The predicted octanol–water partition coefficient (Wildman–Crippen LogP) is 5.86. The second-order valence-electron chi connectivity index (χ2n) is 11.3. The Balaban J connectivity index is 1.46. The average Bonchev–Trinajstić information content (AvgIpc) is 2.97. The summed E-state index contributed by atoms with van der Waals surface area (Å²) >= 11 is 5.59. The first-order valence-electron chi connectivity index (χ1n) is 11.3. The van der Waals surface area contributed by atoms with Crippen LogP contribution in [0.4, 0.5) is 0 Å². The van der Waals surface area contributed by atoms with Crippen LogP contribution < -0.4 is 0 Å². The lowest BCUT2D eigenvalue weighted by atomic mass is 9.43. The highest BCUT2D eigenvalue weighted by atomic mass is 32.1. The number of aliphatic hydroxyl groups is 1. The van der Waals surface area contributed by atoms with Crippen molar-refractivity contribution in [1.82, 2.24) is 0 Å². The van der Waals surface area contributed by atoms with Gasteiger partial charge in [0, 0.05) is 4.75 Å².